The molecule has 1 saturated carbocycles. The quantitative estimate of drug-likeness (QED) is 0.766. The molecule has 0 aliphatic heterocycles. The second kappa shape index (κ2) is 5.63. The standard InChI is InChI=1S/C20H32O2/c1-7-18(4,22)10-11-20(6)14(2)8-9-19(5)15(3)12-16(21)13-17(19)20/h7,12,14,17,22H,1,8-11,13H2,2-6H3/t14-,17-,18+,19+,20+/m1/s1. The summed E-state index contributed by atoms with van der Waals surface area (Å²) in [4.78, 5) is 12.2. The first kappa shape index (κ1) is 17.5. The van der Waals surface area contributed by atoms with Crippen LogP contribution in [0.3, 0.4) is 0 Å². The Balaban J connectivity index is 2.34. The van der Waals surface area contributed by atoms with Gasteiger partial charge in [0.05, 0.1) is 5.60 Å². The van der Waals surface area contributed by atoms with E-state index in [-0.39, 0.29) is 16.6 Å². The van der Waals surface area contributed by atoms with Gasteiger partial charge in [-0.1, -0.05) is 32.4 Å². The molecule has 1 fully saturated rings. The van der Waals surface area contributed by atoms with Crippen LogP contribution in [0.1, 0.15) is 66.7 Å². The van der Waals surface area contributed by atoms with Gasteiger partial charge in [0.15, 0.2) is 5.78 Å². The first-order chi connectivity index (χ1) is 10.0. The van der Waals surface area contributed by atoms with Gasteiger partial charge in [0, 0.05) is 6.42 Å². The van der Waals surface area contributed by atoms with Gasteiger partial charge >= 0.3 is 0 Å². The third-order valence-electron chi connectivity index (χ3n) is 7.08. The Morgan fingerprint density at radius 3 is 2.73 bits per heavy atom. The summed E-state index contributed by atoms with van der Waals surface area (Å²) >= 11 is 0. The summed E-state index contributed by atoms with van der Waals surface area (Å²) in [6, 6.07) is 0. The van der Waals surface area contributed by atoms with Gasteiger partial charge in [0.25, 0.3) is 0 Å². The molecule has 0 bridgehead atoms. The van der Waals surface area contributed by atoms with Crippen molar-refractivity contribution in [2.24, 2.45) is 22.7 Å². The molecule has 22 heavy (non-hydrogen) atoms. The molecule has 0 unspecified atom stereocenters. The van der Waals surface area contributed by atoms with E-state index in [9.17, 15) is 9.90 Å². The highest BCUT2D eigenvalue weighted by Gasteiger charge is 2.54. The van der Waals surface area contributed by atoms with Gasteiger partial charge in [-0.2, -0.15) is 0 Å². The first-order valence-corrected chi connectivity index (χ1v) is 8.63. The Morgan fingerprint density at radius 2 is 2.14 bits per heavy atom. The molecule has 0 aromatic heterocycles. The zero-order valence-electron chi connectivity index (χ0n) is 14.9. The third-order valence-corrected chi connectivity index (χ3v) is 7.08. The van der Waals surface area contributed by atoms with Crippen LogP contribution >= 0.6 is 0 Å². The van der Waals surface area contributed by atoms with Gasteiger partial charge in [-0.25, -0.2) is 0 Å². The highest BCUT2D eigenvalue weighted by atomic mass is 16.3. The van der Waals surface area contributed by atoms with Gasteiger partial charge in [0.2, 0.25) is 0 Å². The van der Waals surface area contributed by atoms with Crippen molar-refractivity contribution in [2.45, 2.75) is 72.3 Å². The van der Waals surface area contributed by atoms with E-state index in [1.54, 1.807) is 6.08 Å². The smallest absolute Gasteiger partial charge is 0.155 e. The van der Waals surface area contributed by atoms with Gasteiger partial charge in [-0.05, 0) is 68.3 Å². The van der Waals surface area contributed by atoms with Crippen molar-refractivity contribution in [2.75, 3.05) is 0 Å². The molecule has 2 aliphatic rings. The molecule has 0 radical (unpaired) electrons. The summed E-state index contributed by atoms with van der Waals surface area (Å²) in [6.07, 6.45) is 8.17. The Labute approximate surface area is 135 Å². The lowest BCUT2D eigenvalue weighted by atomic mass is 9.46. The molecule has 1 N–H and O–H groups in total. The van der Waals surface area contributed by atoms with Crippen molar-refractivity contribution in [1.82, 2.24) is 0 Å². The van der Waals surface area contributed by atoms with Gasteiger partial charge in [0.1, 0.15) is 0 Å². The summed E-state index contributed by atoms with van der Waals surface area (Å²) in [6.45, 7) is 14.7. The van der Waals surface area contributed by atoms with Gasteiger partial charge in [-0.3, -0.25) is 4.79 Å². The molecule has 124 valence electrons. The van der Waals surface area contributed by atoms with Crippen LogP contribution in [0, 0.1) is 22.7 Å². The highest BCUT2D eigenvalue weighted by molar-refractivity contribution is 5.92. The second-order valence-electron chi connectivity index (χ2n) is 8.47. The Bertz CT molecular complexity index is 502. The van der Waals surface area contributed by atoms with E-state index in [2.05, 4.69) is 34.3 Å². The Morgan fingerprint density at radius 1 is 1.50 bits per heavy atom. The van der Waals surface area contributed by atoms with Gasteiger partial charge < -0.3 is 5.11 Å². The minimum absolute atomic E-state index is 0.0885. The topological polar surface area (TPSA) is 37.3 Å². The van der Waals surface area contributed by atoms with E-state index in [1.165, 1.54) is 18.4 Å². The molecule has 2 heteroatoms. The molecular formula is C20H32O2. The number of carbonyl (C=O) groups excluding carboxylic acids is 1. The fourth-order valence-electron chi connectivity index (χ4n) is 4.73. The van der Waals surface area contributed by atoms with Crippen molar-refractivity contribution >= 4 is 5.78 Å². The van der Waals surface area contributed by atoms with E-state index in [1.807, 2.05) is 13.0 Å². The van der Waals surface area contributed by atoms with Crippen LogP contribution in [0.4, 0.5) is 0 Å². The Kier molecular flexibility index (Phi) is 4.47. The lowest BCUT2D eigenvalue weighted by molar-refractivity contribution is -0.124. The number of hydrogen-bond donors (Lipinski definition) is 1. The lowest BCUT2D eigenvalue weighted by Crippen LogP contribution is -2.51. The number of hydrogen-bond acceptors (Lipinski definition) is 2. The zero-order valence-corrected chi connectivity index (χ0v) is 14.9. The van der Waals surface area contributed by atoms with E-state index in [4.69, 9.17) is 0 Å². The van der Waals surface area contributed by atoms with Crippen LogP contribution in [-0.2, 0) is 4.79 Å². The normalized spacial score (nSPS) is 41.4. The highest BCUT2D eigenvalue weighted by Crippen LogP contribution is 2.61. The van der Waals surface area contributed by atoms with Gasteiger partial charge in [-0.15, -0.1) is 6.58 Å². The zero-order chi connectivity index (χ0) is 16.8. The van der Waals surface area contributed by atoms with Crippen molar-refractivity contribution in [1.29, 1.82) is 0 Å². The molecule has 5 atom stereocenters. The number of allylic oxidation sites excluding steroid dienone is 2. The summed E-state index contributed by atoms with van der Waals surface area (Å²) in [5.74, 6) is 1.22. The molecule has 0 aromatic carbocycles. The summed E-state index contributed by atoms with van der Waals surface area (Å²) in [7, 11) is 0. The molecule has 0 saturated heterocycles. The number of rotatable bonds is 4. The maximum atomic E-state index is 12.2. The van der Waals surface area contributed by atoms with Crippen LogP contribution in [-0.4, -0.2) is 16.5 Å². The molecule has 2 nitrogen and oxygen atoms in total. The molecule has 2 rings (SSSR count). The lowest BCUT2D eigenvalue weighted by Gasteiger charge is -2.58. The maximum Gasteiger partial charge on any atom is 0.155 e. The first-order valence-electron chi connectivity index (χ1n) is 8.63. The minimum atomic E-state index is -0.819. The summed E-state index contributed by atoms with van der Waals surface area (Å²) in [5.41, 5.74) is 0.655. The fraction of sp³-hybridized carbons (Fsp3) is 0.750. The summed E-state index contributed by atoms with van der Waals surface area (Å²) < 4.78 is 0. The van der Waals surface area contributed by atoms with Crippen LogP contribution in [0.2, 0.25) is 0 Å². The van der Waals surface area contributed by atoms with Crippen LogP contribution in [0.15, 0.2) is 24.3 Å². The predicted molar refractivity (Wildman–Crippen MR) is 91.5 cm³/mol. The van der Waals surface area contributed by atoms with Crippen LogP contribution < -0.4 is 0 Å². The van der Waals surface area contributed by atoms with E-state index < -0.39 is 5.60 Å². The molecule has 0 heterocycles. The van der Waals surface area contributed by atoms with E-state index in [0.717, 1.165) is 6.42 Å². The predicted octanol–water partition coefficient (Wildman–Crippen LogP) is 4.68. The van der Waals surface area contributed by atoms with Crippen molar-refractivity contribution < 1.29 is 9.90 Å². The number of ketones is 1. The molecule has 0 aromatic rings. The number of fused-ring (bicyclic) bond motifs is 1. The molecule has 0 spiro atoms. The monoisotopic (exact) mass is 304 g/mol. The second-order valence-corrected chi connectivity index (χ2v) is 8.47. The SMILES string of the molecule is C=C[C@](C)(O)CC[C@@]1(C)[C@H](C)CC[C@@]2(C)C(C)=CC(=O)C[C@@H]12. The molecular weight excluding hydrogens is 272 g/mol. The fourth-order valence-corrected chi connectivity index (χ4v) is 4.73. The summed E-state index contributed by atoms with van der Waals surface area (Å²) in [5, 5.41) is 10.3. The molecule has 0 amide bonds. The van der Waals surface area contributed by atoms with Crippen molar-refractivity contribution in [3.8, 4) is 0 Å². The average molecular weight is 304 g/mol. The number of carbonyl (C=O) groups is 1. The average Bonchev–Trinajstić information content (AvgIpc) is 2.45. The van der Waals surface area contributed by atoms with Crippen molar-refractivity contribution in [3.63, 3.8) is 0 Å². The Hall–Kier alpha value is -0.890. The van der Waals surface area contributed by atoms with Crippen LogP contribution in [0.5, 0.6) is 0 Å². The van der Waals surface area contributed by atoms with Crippen LogP contribution in [0.25, 0.3) is 0 Å². The third kappa shape index (κ3) is 2.82. The van der Waals surface area contributed by atoms with E-state index in [0.29, 0.717) is 24.7 Å². The maximum absolute atomic E-state index is 12.2. The molecule has 2 aliphatic carbocycles. The number of aliphatic hydroxyl groups is 1. The van der Waals surface area contributed by atoms with E-state index >= 15 is 0 Å². The largest absolute Gasteiger partial charge is 0.386 e. The minimum Gasteiger partial charge on any atom is -0.386 e. The van der Waals surface area contributed by atoms with Crippen molar-refractivity contribution in [3.05, 3.63) is 24.3 Å².